The molecule has 0 radical (unpaired) electrons. The van der Waals surface area contributed by atoms with Crippen molar-refractivity contribution >= 4 is 17.7 Å². The van der Waals surface area contributed by atoms with E-state index < -0.39 is 0 Å². The van der Waals surface area contributed by atoms with Gasteiger partial charge >= 0.3 is 0 Å². The van der Waals surface area contributed by atoms with Gasteiger partial charge in [0.25, 0.3) is 0 Å². The van der Waals surface area contributed by atoms with E-state index >= 15 is 0 Å². The number of nitrogens with one attached hydrogen (secondary N) is 1. The van der Waals surface area contributed by atoms with Gasteiger partial charge in [-0.2, -0.15) is 0 Å². The van der Waals surface area contributed by atoms with Crippen LogP contribution in [0.4, 0.5) is 0 Å². The molecule has 0 spiro atoms. The Morgan fingerprint density at radius 1 is 1.50 bits per heavy atom. The van der Waals surface area contributed by atoms with E-state index in [0.717, 1.165) is 17.7 Å². The van der Waals surface area contributed by atoms with Gasteiger partial charge in [-0.15, -0.1) is 0 Å². The summed E-state index contributed by atoms with van der Waals surface area (Å²) >= 11 is 5.86. The number of likely N-dealkylation sites (N-methyl/N-ethyl adjacent to an activating group) is 1. The summed E-state index contributed by atoms with van der Waals surface area (Å²) in [5, 5.41) is 12.6. The Bertz CT molecular complexity index is 323. The van der Waals surface area contributed by atoms with Crippen molar-refractivity contribution in [3.8, 4) is 0 Å². The Balaban J connectivity index is 2.79. The second-order valence-electron chi connectivity index (χ2n) is 2.97. The van der Waals surface area contributed by atoms with Crippen molar-refractivity contribution in [2.45, 2.75) is 6.61 Å². The molecule has 1 aromatic carbocycles. The summed E-state index contributed by atoms with van der Waals surface area (Å²) in [6, 6.07) is 5.61. The van der Waals surface area contributed by atoms with E-state index in [0.29, 0.717) is 5.02 Å². The van der Waals surface area contributed by atoms with Crippen molar-refractivity contribution in [3.63, 3.8) is 0 Å². The Morgan fingerprint density at radius 3 is 2.93 bits per heavy atom. The molecule has 0 unspecified atom stereocenters. The van der Waals surface area contributed by atoms with Gasteiger partial charge in [-0.05, 0) is 30.3 Å². The third-order valence-corrected chi connectivity index (χ3v) is 2.24. The van der Waals surface area contributed by atoms with Crippen LogP contribution < -0.4 is 5.32 Å². The molecular formula is C11H14ClNO. The van der Waals surface area contributed by atoms with Crippen molar-refractivity contribution in [1.82, 2.24) is 5.32 Å². The SMILES string of the molecule is CNCC=Cc1ccc(Cl)c(CO)c1. The molecule has 1 rings (SSSR count). The molecule has 3 heteroatoms. The Hall–Kier alpha value is -0.830. The van der Waals surface area contributed by atoms with Gasteiger partial charge in [0, 0.05) is 11.6 Å². The van der Waals surface area contributed by atoms with Crippen LogP contribution in [0.5, 0.6) is 0 Å². The highest BCUT2D eigenvalue weighted by Gasteiger charge is 1.98. The number of benzene rings is 1. The lowest BCUT2D eigenvalue weighted by molar-refractivity contribution is 0.282. The van der Waals surface area contributed by atoms with E-state index in [-0.39, 0.29) is 6.61 Å². The van der Waals surface area contributed by atoms with Gasteiger partial charge in [0.1, 0.15) is 0 Å². The zero-order valence-corrected chi connectivity index (χ0v) is 8.88. The highest BCUT2D eigenvalue weighted by molar-refractivity contribution is 6.31. The second kappa shape index (κ2) is 5.81. The molecule has 76 valence electrons. The molecule has 0 bridgehead atoms. The largest absolute Gasteiger partial charge is 0.392 e. The van der Waals surface area contributed by atoms with E-state index in [1.54, 1.807) is 6.07 Å². The normalized spacial score (nSPS) is 11.1. The molecule has 14 heavy (non-hydrogen) atoms. The molecule has 0 saturated carbocycles. The smallest absolute Gasteiger partial charge is 0.0696 e. The first-order chi connectivity index (χ1) is 6.77. The number of hydrogen-bond donors (Lipinski definition) is 2. The maximum atomic E-state index is 8.99. The standard InChI is InChI=1S/C11H14ClNO/c1-13-6-2-3-9-4-5-11(12)10(7-9)8-14/h2-5,7,13-14H,6,8H2,1H3. The number of aliphatic hydroxyl groups excluding tert-OH is 1. The van der Waals surface area contributed by atoms with Crippen molar-refractivity contribution in [3.05, 3.63) is 40.4 Å². The van der Waals surface area contributed by atoms with E-state index in [2.05, 4.69) is 5.32 Å². The van der Waals surface area contributed by atoms with Crippen LogP contribution in [-0.4, -0.2) is 18.7 Å². The van der Waals surface area contributed by atoms with E-state index in [4.69, 9.17) is 16.7 Å². The van der Waals surface area contributed by atoms with Crippen LogP contribution >= 0.6 is 11.6 Å². The summed E-state index contributed by atoms with van der Waals surface area (Å²) in [6.45, 7) is 0.809. The Labute approximate surface area is 89.2 Å². The van der Waals surface area contributed by atoms with Crippen LogP contribution in [-0.2, 0) is 6.61 Å². The van der Waals surface area contributed by atoms with E-state index in [9.17, 15) is 0 Å². The molecular weight excluding hydrogens is 198 g/mol. The lowest BCUT2D eigenvalue weighted by Gasteiger charge is -2.01. The average molecular weight is 212 g/mol. The summed E-state index contributed by atoms with van der Waals surface area (Å²) in [7, 11) is 1.89. The molecule has 0 fully saturated rings. The summed E-state index contributed by atoms with van der Waals surface area (Å²) in [6.07, 6.45) is 4.01. The predicted octanol–water partition coefficient (Wildman–Crippen LogP) is 2.06. The number of halogens is 1. The first kappa shape index (κ1) is 11.2. The molecule has 0 aliphatic heterocycles. The van der Waals surface area contributed by atoms with E-state index in [1.807, 2.05) is 31.3 Å². The fourth-order valence-electron chi connectivity index (χ4n) is 1.13. The van der Waals surface area contributed by atoms with Gasteiger partial charge in [0.2, 0.25) is 0 Å². The zero-order valence-electron chi connectivity index (χ0n) is 8.13. The van der Waals surface area contributed by atoms with Crippen molar-refractivity contribution in [2.24, 2.45) is 0 Å². The maximum absolute atomic E-state index is 8.99. The predicted molar refractivity (Wildman–Crippen MR) is 60.3 cm³/mol. The van der Waals surface area contributed by atoms with Crippen molar-refractivity contribution in [1.29, 1.82) is 0 Å². The molecule has 2 N–H and O–H groups in total. The first-order valence-electron chi connectivity index (χ1n) is 4.48. The van der Waals surface area contributed by atoms with Gasteiger partial charge in [-0.1, -0.05) is 29.8 Å². The molecule has 0 atom stereocenters. The molecule has 0 aliphatic carbocycles. The summed E-state index contributed by atoms with van der Waals surface area (Å²) in [4.78, 5) is 0. The highest BCUT2D eigenvalue weighted by Crippen LogP contribution is 2.18. The fourth-order valence-corrected chi connectivity index (χ4v) is 1.31. The van der Waals surface area contributed by atoms with Gasteiger partial charge in [-0.25, -0.2) is 0 Å². The van der Waals surface area contributed by atoms with Crippen LogP contribution in [0.3, 0.4) is 0 Å². The Morgan fingerprint density at radius 2 is 2.29 bits per heavy atom. The molecule has 2 nitrogen and oxygen atoms in total. The van der Waals surface area contributed by atoms with Crippen LogP contribution in [0.15, 0.2) is 24.3 Å². The minimum absolute atomic E-state index is 0.0213. The molecule has 0 aliphatic rings. The molecule has 1 aromatic rings. The quantitative estimate of drug-likeness (QED) is 0.799. The minimum atomic E-state index is -0.0213. The monoisotopic (exact) mass is 211 g/mol. The van der Waals surface area contributed by atoms with Gasteiger partial charge < -0.3 is 10.4 Å². The van der Waals surface area contributed by atoms with Crippen LogP contribution in [0.25, 0.3) is 6.08 Å². The topological polar surface area (TPSA) is 32.3 Å². The number of rotatable bonds is 4. The second-order valence-corrected chi connectivity index (χ2v) is 3.38. The third kappa shape index (κ3) is 3.14. The highest BCUT2D eigenvalue weighted by atomic mass is 35.5. The maximum Gasteiger partial charge on any atom is 0.0696 e. The third-order valence-electron chi connectivity index (χ3n) is 1.87. The lowest BCUT2D eigenvalue weighted by Crippen LogP contribution is -2.03. The summed E-state index contributed by atoms with van der Waals surface area (Å²) in [5.74, 6) is 0. The van der Waals surface area contributed by atoms with Gasteiger partial charge in [0.15, 0.2) is 0 Å². The van der Waals surface area contributed by atoms with Crippen LogP contribution in [0.2, 0.25) is 5.02 Å². The molecule has 0 heterocycles. The zero-order chi connectivity index (χ0) is 10.4. The van der Waals surface area contributed by atoms with Crippen LogP contribution in [0.1, 0.15) is 11.1 Å². The molecule has 0 saturated heterocycles. The number of hydrogen-bond acceptors (Lipinski definition) is 2. The van der Waals surface area contributed by atoms with Crippen molar-refractivity contribution in [2.75, 3.05) is 13.6 Å². The van der Waals surface area contributed by atoms with Crippen LogP contribution in [0, 0.1) is 0 Å². The Kier molecular flexibility index (Phi) is 4.66. The fraction of sp³-hybridized carbons (Fsp3) is 0.273. The average Bonchev–Trinajstić information content (AvgIpc) is 2.21. The van der Waals surface area contributed by atoms with Gasteiger partial charge in [0.05, 0.1) is 6.61 Å². The lowest BCUT2D eigenvalue weighted by atomic mass is 10.1. The van der Waals surface area contributed by atoms with Crippen molar-refractivity contribution < 1.29 is 5.11 Å². The van der Waals surface area contributed by atoms with Gasteiger partial charge in [-0.3, -0.25) is 0 Å². The number of aliphatic hydroxyl groups is 1. The minimum Gasteiger partial charge on any atom is -0.392 e. The molecule has 0 amide bonds. The summed E-state index contributed by atoms with van der Waals surface area (Å²) in [5.41, 5.74) is 1.81. The summed E-state index contributed by atoms with van der Waals surface area (Å²) < 4.78 is 0. The molecule has 0 aromatic heterocycles. The van der Waals surface area contributed by atoms with E-state index in [1.165, 1.54) is 0 Å². The first-order valence-corrected chi connectivity index (χ1v) is 4.86.